The van der Waals surface area contributed by atoms with Gasteiger partial charge < -0.3 is 33.9 Å². The molecule has 4 rings (SSSR count). The van der Waals surface area contributed by atoms with Gasteiger partial charge in [0.05, 0.1) is 33.0 Å². The lowest BCUT2D eigenvalue weighted by molar-refractivity contribution is 0.0197. The predicted molar refractivity (Wildman–Crippen MR) is 119 cm³/mol. The molecular formula is C24H30N2O6. The summed E-state index contributed by atoms with van der Waals surface area (Å²) in [6, 6.07) is 8.92. The van der Waals surface area contributed by atoms with Gasteiger partial charge in [0, 0.05) is 50.3 Å². The molecule has 8 heteroatoms. The molecule has 1 fully saturated rings. The first kappa shape index (κ1) is 22.2. The third-order valence-corrected chi connectivity index (χ3v) is 6.19. The molecule has 0 spiro atoms. The molecule has 2 aromatic rings. The van der Waals surface area contributed by atoms with Crippen molar-refractivity contribution in [2.75, 3.05) is 54.6 Å². The summed E-state index contributed by atoms with van der Waals surface area (Å²) in [4.78, 5) is 17.1. The number of benzene rings is 2. The number of piperazine rings is 1. The topological polar surface area (TPSA) is 80.7 Å². The molecule has 1 N–H and O–H groups in total. The Morgan fingerprint density at radius 2 is 1.72 bits per heavy atom. The maximum absolute atomic E-state index is 13.1. The van der Waals surface area contributed by atoms with E-state index in [4.69, 9.17) is 18.9 Å². The van der Waals surface area contributed by atoms with Gasteiger partial charge in [-0.2, -0.15) is 0 Å². The maximum Gasteiger partial charge on any atom is 0.257 e. The van der Waals surface area contributed by atoms with Gasteiger partial charge in [-0.3, -0.25) is 4.79 Å². The SMILES string of the molecule is COc1cc(OC)c2c(c1)O[C@H](c1ccc(C(=O)N3CCN(C)CC3)c(OC)c1)[C@H](O)C2. The average molecular weight is 443 g/mol. The van der Waals surface area contributed by atoms with E-state index >= 15 is 0 Å². The number of amides is 1. The molecule has 1 saturated heterocycles. The monoisotopic (exact) mass is 442 g/mol. The average Bonchev–Trinajstić information content (AvgIpc) is 2.82. The van der Waals surface area contributed by atoms with E-state index in [2.05, 4.69) is 11.9 Å². The zero-order valence-electron chi connectivity index (χ0n) is 19.0. The molecule has 0 bridgehead atoms. The zero-order chi connectivity index (χ0) is 22.8. The van der Waals surface area contributed by atoms with Crippen molar-refractivity contribution in [3.63, 3.8) is 0 Å². The molecule has 1 amide bonds. The minimum atomic E-state index is -0.784. The Labute approximate surface area is 188 Å². The Morgan fingerprint density at radius 3 is 2.38 bits per heavy atom. The number of aliphatic hydroxyl groups excluding tert-OH is 1. The van der Waals surface area contributed by atoms with Crippen LogP contribution in [0.25, 0.3) is 0 Å². The largest absolute Gasteiger partial charge is 0.496 e. The second-order valence-corrected chi connectivity index (χ2v) is 8.17. The minimum Gasteiger partial charge on any atom is -0.496 e. The molecule has 0 unspecified atom stereocenters. The van der Waals surface area contributed by atoms with Gasteiger partial charge in [-0.15, -0.1) is 0 Å². The number of hydrogen-bond acceptors (Lipinski definition) is 7. The fraction of sp³-hybridized carbons (Fsp3) is 0.458. The normalized spacial score (nSPS) is 20.8. The van der Waals surface area contributed by atoms with E-state index in [0.29, 0.717) is 48.1 Å². The summed E-state index contributed by atoms with van der Waals surface area (Å²) in [5.74, 6) is 2.25. The number of methoxy groups -OCH3 is 3. The van der Waals surface area contributed by atoms with Crippen LogP contribution in [0.4, 0.5) is 0 Å². The van der Waals surface area contributed by atoms with Crippen molar-refractivity contribution in [3.8, 4) is 23.0 Å². The highest BCUT2D eigenvalue weighted by atomic mass is 16.5. The van der Waals surface area contributed by atoms with Crippen LogP contribution in [0.2, 0.25) is 0 Å². The molecule has 2 aliphatic heterocycles. The van der Waals surface area contributed by atoms with E-state index in [9.17, 15) is 9.90 Å². The highest BCUT2D eigenvalue weighted by Crippen LogP contribution is 2.43. The molecule has 2 heterocycles. The van der Waals surface area contributed by atoms with Gasteiger partial charge in [0.2, 0.25) is 0 Å². The van der Waals surface area contributed by atoms with Crippen molar-refractivity contribution in [1.82, 2.24) is 9.80 Å². The smallest absolute Gasteiger partial charge is 0.257 e. The molecule has 2 atom stereocenters. The summed E-state index contributed by atoms with van der Waals surface area (Å²) in [6.45, 7) is 3.07. The second kappa shape index (κ2) is 9.26. The fourth-order valence-corrected chi connectivity index (χ4v) is 4.27. The van der Waals surface area contributed by atoms with E-state index in [1.807, 2.05) is 11.0 Å². The molecule has 0 saturated carbocycles. The fourth-order valence-electron chi connectivity index (χ4n) is 4.27. The van der Waals surface area contributed by atoms with Crippen LogP contribution >= 0.6 is 0 Å². The number of ether oxygens (including phenoxy) is 4. The summed E-state index contributed by atoms with van der Waals surface area (Å²) in [5, 5.41) is 10.9. The van der Waals surface area contributed by atoms with Crippen LogP contribution in [-0.4, -0.2) is 81.5 Å². The van der Waals surface area contributed by atoms with E-state index in [-0.39, 0.29) is 5.91 Å². The first-order valence-corrected chi connectivity index (χ1v) is 10.7. The lowest BCUT2D eigenvalue weighted by Crippen LogP contribution is -2.47. The number of likely N-dealkylation sites (N-methyl/N-ethyl adjacent to an activating group) is 1. The van der Waals surface area contributed by atoms with Crippen molar-refractivity contribution in [2.45, 2.75) is 18.6 Å². The van der Waals surface area contributed by atoms with Gasteiger partial charge in [-0.05, 0) is 24.7 Å². The first-order chi connectivity index (χ1) is 15.4. The number of rotatable bonds is 5. The Hall–Kier alpha value is -2.97. The number of carbonyl (C=O) groups is 1. The van der Waals surface area contributed by atoms with Crippen molar-refractivity contribution >= 4 is 5.91 Å². The number of carbonyl (C=O) groups excluding carboxylic acids is 1. The van der Waals surface area contributed by atoms with Crippen molar-refractivity contribution in [2.24, 2.45) is 0 Å². The predicted octanol–water partition coefficient (Wildman–Crippen LogP) is 2.14. The first-order valence-electron chi connectivity index (χ1n) is 10.7. The standard InChI is InChI=1S/C24H30N2O6/c1-25-7-9-26(10-8-25)24(28)17-6-5-15(11-20(17)30-3)23-19(27)14-18-21(31-4)12-16(29-2)13-22(18)32-23/h5-6,11-13,19,23,27H,7-10,14H2,1-4H3/t19-,23-/m1/s1. The number of nitrogens with zero attached hydrogens (tertiary/aromatic N) is 2. The van der Waals surface area contributed by atoms with Crippen LogP contribution in [0.5, 0.6) is 23.0 Å². The van der Waals surface area contributed by atoms with E-state index in [1.54, 1.807) is 45.6 Å². The third kappa shape index (κ3) is 4.20. The number of hydrogen-bond donors (Lipinski definition) is 1. The van der Waals surface area contributed by atoms with E-state index < -0.39 is 12.2 Å². The Balaban J connectivity index is 1.61. The molecule has 0 aromatic heterocycles. The molecule has 2 aromatic carbocycles. The molecule has 172 valence electrons. The zero-order valence-corrected chi connectivity index (χ0v) is 19.0. The van der Waals surface area contributed by atoms with Gasteiger partial charge in [-0.1, -0.05) is 6.07 Å². The van der Waals surface area contributed by atoms with Gasteiger partial charge in [-0.25, -0.2) is 0 Å². The van der Waals surface area contributed by atoms with Crippen LogP contribution in [0.15, 0.2) is 30.3 Å². The lowest BCUT2D eigenvalue weighted by Gasteiger charge is -2.33. The van der Waals surface area contributed by atoms with Crippen molar-refractivity contribution < 1.29 is 28.8 Å². The molecule has 0 aliphatic carbocycles. The summed E-state index contributed by atoms with van der Waals surface area (Å²) in [7, 11) is 6.75. The Bertz CT molecular complexity index is 987. The van der Waals surface area contributed by atoms with Gasteiger partial charge in [0.25, 0.3) is 5.91 Å². The minimum absolute atomic E-state index is 0.0496. The van der Waals surface area contributed by atoms with Gasteiger partial charge in [0.15, 0.2) is 0 Å². The number of aliphatic hydroxyl groups is 1. The Morgan fingerprint density at radius 1 is 1.00 bits per heavy atom. The molecule has 0 radical (unpaired) electrons. The van der Waals surface area contributed by atoms with Crippen LogP contribution in [0.3, 0.4) is 0 Å². The van der Waals surface area contributed by atoms with E-state index in [1.165, 1.54) is 0 Å². The van der Waals surface area contributed by atoms with E-state index in [0.717, 1.165) is 24.2 Å². The van der Waals surface area contributed by atoms with Crippen LogP contribution < -0.4 is 18.9 Å². The van der Waals surface area contributed by atoms with Gasteiger partial charge >= 0.3 is 0 Å². The summed E-state index contributed by atoms with van der Waals surface area (Å²) >= 11 is 0. The summed E-state index contributed by atoms with van der Waals surface area (Å²) < 4.78 is 22.5. The molecule has 32 heavy (non-hydrogen) atoms. The quantitative estimate of drug-likeness (QED) is 0.760. The van der Waals surface area contributed by atoms with Crippen LogP contribution in [-0.2, 0) is 6.42 Å². The number of fused-ring (bicyclic) bond motifs is 1. The second-order valence-electron chi connectivity index (χ2n) is 8.17. The summed E-state index contributed by atoms with van der Waals surface area (Å²) in [5.41, 5.74) is 2.04. The van der Waals surface area contributed by atoms with Crippen molar-refractivity contribution in [3.05, 3.63) is 47.0 Å². The molecular weight excluding hydrogens is 412 g/mol. The molecule has 2 aliphatic rings. The molecule has 8 nitrogen and oxygen atoms in total. The van der Waals surface area contributed by atoms with Gasteiger partial charge in [0.1, 0.15) is 29.1 Å². The highest BCUT2D eigenvalue weighted by Gasteiger charge is 2.33. The van der Waals surface area contributed by atoms with Crippen LogP contribution in [0.1, 0.15) is 27.6 Å². The van der Waals surface area contributed by atoms with Crippen molar-refractivity contribution in [1.29, 1.82) is 0 Å². The lowest BCUT2D eigenvalue weighted by atomic mass is 9.93. The highest BCUT2D eigenvalue weighted by molar-refractivity contribution is 5.97. The summed E-state index contributed by atoms with van der Waals surface area (Å²) in [6.07, 6.45) is -1.02. The third-order valence-electron chi connectivity index (χ3n) is 6.19. The Kier molecular flexibility index (Phi) is 6.43. The van der Waals surface area contributed by atoms with Crippen LogP contribution in [0, 0.1) is 0 Å². The maximum atomic E-state index is 13.1.